The molecule has 7 heteroatoms. The monoisotopic (exact) mass is 356 g/mol. The van der Waals surface area contributed by atoms with Gasteiger partial charge in [0.2, 0.25) is 0 Å². The van der Waals surface area contributed by atoms with Gasteiger partial charge in [0.05, 0.1) is 6.04 Å². The molecular formula is C19H25FN6. The second kappa shape index (κ2) is 7.05. The van der Waals surface area contributed by atoms with Crippen molar-refractivity contribution in [1.29, 1.82) is 0 Å². The van der Waals surface area contributed by atoms with Crippen LogP contribution in [-0.2, 0) is 6.54 Å². The average Bonchev–Trinajstić information content (AvgIpc) is 3.25. The van der Waals surface area contributed by atoms with Crippen molar-refractivity contribution in [3.05, 3.63) is 47.3 Å². The minimum atomic E-state index is -0.125. The first-order valence-corrected chi connectivity index (χ1v) is 9.39. The van der Waals surface area contributed by atoms with E-state index in [1.807, 2.05) is 30.7 Å². The van der Waals surface area contributed by atoms with Crippen LogP contribution in [0.1, 0.15) is 55.4 Å². The van der Waals surface area contributed by atoms with Crippen LogP contribution in [0, 0.1) is 12.7 Å². The third-order valence-electron chi connectivity index (χ3n) is 5.03. The summed E-state index contributed by atoms with van der Waals surface area (Å²) in [7, 11) is 0. The van der Waals surface area contributed by atoms with E-state index in [9.17, 15) is 4.39 Å². The highest BCUT2D eigenvalue weighted by Crippen LogP contribution is 2.41. The number of fused-ring (bicyclic) bond motifs is 1. The summed E-state index contributed by atoms with van der Waals surface area (Å²) in [6.07, 6.45) is 2.99. The van der Waals surface area contributed by atoms with E-state index in [1.165, 1.54) is 6.07 Å². The molecule has 2 aliphatic rings. The van der Waals surface area contributed by atoms with Gasteiger partial charge in [-0.2, -0.15) is 5.10 Å². The first kappa shape index (κ1) is 17.0. The van der Waals surface area contributed by atoms with Crippen molar-refractivity contribution >= 4 is 5.96 Å². The summed E-state index contributed by atoms with van der Waals surface area (Å²) in [5.41, 5.74) is 0.786. The van der Waals surface area contributed by atoms with E-state index in [0.29, 0.717) is 6.54 Å². The molecule has 1 fully saturated rings. The Morgan fingerprint density at radius 1 is 1.35 bits per heavy atom. The van der Waals surface area contributed by atoms with Crippen LogP contribution < -0.4 is 10.6 Å². The lowest BCUT2D eigenvalue weighted by Gasteiger charge is -2.25. The fourth-order valence-electron chi connectivity index (χ4n) is 3.71. The fourth-order valence-corrected chi connectivity index (χ4v) is 3.71. The fraction of sp³-hybridized carbons (Fsp3) is 0.526. The van der Waals surface area contributed by atoms with Crippen LogP contribution in [0.2, 0.25) is 0 Å². The summed E-state index contributed by atoms with van der Waals surface area (Å²) in [6.45, 7) is 5.54. The number of nitrogens with one attached hydrogen (secondary N) is 2. The van der Waals surface area contributed by atoms with Crippen LogP contribution in [-0.4, -0.2) is 33.3 Å². The van der Waals surface area contributed by atoms with Gasteiger partial charge in [0, 0.05) is 25.0 Å². The molecule has 4 rings (SSSR count). The third kappa shape index (κ3) is 3.43. The second-order valence-corrected chi connectivity index (χ2v) is 7.02. The molecule has 138 valence electrons. The maximum absolute atomic E-state index is 14.0. The van der Waals surface area contributed by atoms with Gasteiger partial charge in [-0.3, -0.25) is 4.99 Å². The molecule has 0 saturated heterocycles. The molecule has 1 aromatic carbocycles. The summed E-state index contributed by atoms with van der Waals surface area (Å²) in [5.74, 6) is 2.63. The number of aryl methyl sites for hydroxylation is 2. The zero-order valence-corrected chi connectivity index (χ0v) is 15.2. The van der Waals surface area contributed by atoms with Crippen LogP contribution in [0.4, 0.5) is 4.39 Å². The molecule has 0 amide bonds. The van der Waals surface area contributed by atoms with Gasteiger partial charge in [-0.25, -0.2) is 14.1 Å². The largest absolute Gasteiger partial charge is 0.353 e. The first-order valence-electron chi connectivity index (χ1n) is 9.39. The van der Waals surface area contributed by atoms with E-state index in [1.54, 1.807) is 6.07 Å². The number of guanidine groups is 1. The van der Waals surface area contributed by atoms with E-state index in [-0.39, 0.29) is 23.8 Å². The van der Waals surface area contributed by atoms with Crippen LogP contribution in [0.3, 0.4) is 0 Å². The number of nitrogens with zero attached hydrogens (tertiary/aromatic N) is 4. The molecule has 26 heavy (non-hydrogen) atoms. The van der Waals surface area contributed by atoms with E-state index >= 15 is 0 Å². The Balaban J connectivity index is 1.44. The number of halogens is 1. The molecule has 6 nitrogen and oxygen atoms in total. The van der Waals surface area contributed by atoms with Gasteiger partial charge < -0.3 is 10.6 Å². The van der Waals surface area contributed by atoms with Gasteiger partial charge >= 0.3 is 0 Å². The van der Waals surface area contributed by atoms with Crippen molar-refractivity contribution < 1.29 is 4.39 Å². The number of rotatable bonds is 4. The van der Waals surface area contributed by atoms with Crippen molar-refractivity contribution in [3.8, 4) is 0 Å². The zero-order chi connectivity index (χ0) is 18.1. The zero-order valence-electron chi connectivity index (χ0n) is 15.2. The highest BCUT2D eigenvalue weighted by Gasteiger charge is 2.41. The average molecular weight is 356 g/mol. The maximum Gasteiger partial charge on any atom is 0.192 e. The minimum Gasteiger partial charge on any atom is -0.353 e. The summed E-state index contributed by atoms with van der Waals surface area (Å²) in [6, 6.07) is 7.35. The van der Waals surface area contributed by atoms with Crippen molar-refractivity contribution in [2.24, 2.45) is 4.99 Å². The molecule has 1 aliphatic carbocycles. The Labute approximate surface area is 152 Å². The van der Waals surface area contributed by atoms with Gasteiger partial charge in [0.25, 0.3) is 0 Å². The molecule has 1 aliphatic heterocycles. The number of aliphatic imine (C=N–C) groups is 1. The Bertz CT molecular complexity index is 814. The second-order valence-electron chi connectivity index (χ2n) is 7.02. The van der Waals surface area contributed by atoms with E-state index in [0.717, 1.165) is 49.0 Å². The summed E-state index contributed by atoms with van der Waals surface area (Å²) < 4.78 is 16.0. The normalized spacial score (nSPS) is 24.9. The molecule has 3 atom stereocenters. The summed E-state index contributed by atoms with van der Waals surface area (Å²) >= 11 is 0. The molecule has 2 N–H and O–H groups in total. The van der Waals surface area contributed by atoms with Crippen LogP contribution in [0.15, 0.2) is 29.3 Å². The van der Waals surface area contributed by atoms with Gasteiger partial charge in [-0.1, -0.05) is 18.2 Å². The highest BCUT2D eigenvalue weighted by atomic mass is 19.1. The van der Waals surface area contributed by atoms with Crippen LogP contribution in [0.25, 0.3) is 0 Å². The Morgan fingerprint density at radius 3 is 3.00 bits per heavy atom. The molecule has 0 radical (unpaired) electrons. The van der Waals surface area contributed by atoms with Crippen molar-refractivity contribution in [1.82, 2.24) is 25.4 Å². The van der Waals surface area contributed by atoms with Gasteiger partial charge in [-0.15, -0.1) is 0 Å². The van der Waals surface area contributed by atoms with Crippen molar-refractivity contribution in [2.75, 3.05) is 6.54 Å². The minimum absolute atomic E-state index is 0.105. The molecule has 2 heterocycles. The topological polar surface area (TPSA) is 67.1 Å². The van der Waals surface area contributed by atoms with E-state index in [2.05, 4.69) is 25.7 Å². The predicted molar refractivity (Wildman–Crippen MR) is 98.5 cm³/mol. The molecule has 2 aromatic rings. The Hall–Kier alpha value is -2.44. The molecule has 0 bridgehead atoms. The first-order chi connectivity index (χ1) is 12.7. The van der Waals surface area contributed by atoms with Gasteiger partial charge in [0.1, 0.15) is 17.5 Å². The molecule has 1 saturated carbocycles. The van der Waals surface area contributed by atoms with Crippen LogP contribution in [0.5, 0.6) is 0 Å². The number of benzene rings is 1. The standard InChI is InChI=1S/C19H25FN6/c1-3-21-19(23-16-9-6-10-26-18(16)22-12(2)25-26)24-17-11-14(17)13-7-4-5-8-15(13)20/h4-5,7-8,14,16-17H,3,6,9-11H2,1-2H3,(H2,21,23,24). The molecular weight excluding hydrogens is 331 g/mol. The lowest BCUT2D eigenvalue weighted by Crippen LogP contribution is -2.43. The Morgan fingerprint density at radius 2 is 2.19 bits per heavy atom. The third-order valence-corrected chi connectivity index (χ3v) is 5.03. The number of hydrogen-bond acceptors (Lipinski definition) is 3. The van der Waals surface area contributed by atoms with Crippen molar-refractivity contribution in [3.63, 3.8) is 0 Å². The van der Waals surface area contributed by atoms with Gasteiger partial charge in [-0.05, 0) is 44.7 Å². The number of aromatic nitrogens is 3. The summed E-state index contributed by atoms with van der Waals surface area (Å²) in [4.78, 5) is 9.14. The lowest BCUT2D eigenvalue weighted by atomic mass is 10.1. The summed E-state index contributed by atoms with van der Waals surface area (Å²) in [5, 5.41) is 11.4. The van der Waals surface area contributed by atoms with Gasteiger partial charge in [0.15, 0.2) is 5.96 Å². The molecule has 1 aromatic heterocycles. The Kier molecular flexibility index (Phi) is 4.61. The smallest absolute Gasteiger partial charge is 0.192 e. The quantitative estimate of drug-likeness (QED) is 0.653. The lowest BCUT2D eigenvalue weighted by molar-refractivity contribution is 0.397. The van der Waals surface area contributed by atoms with E-state index in [4.69, 9.17) is 0 Å². The maximum atomic E-state index is 14.0. The number of hydrogen-bond donors (Lipinski definition) is 2. The van der Waals surface area contributed by atoms with E-state index < -0.39 is 0 Å². The molecule has 0 spiro atoms. The van der Waals surface area contributed by atoms with Crippen LogP contribution >= 0.6 is 0 Å². The highest BCUT2D eigenvalue weighted by molar-refractivity contribution is 5.81. The predicted octanol–water partition coefficient (Wildman–Crippen LogP) is 2.67. The SMILES string of the molecule is CCN=C(NC1CCCn2nc(C)nc21)NC1CC1c1ccccc1F. The van der Waals surface area contributed by atoms with Crippen molar-refractivity contribution in [2.45, 2.75) is 57.7 Å². The molecule has 3 unspecified atom stereocenters.